The lowest BCUT2D eigenvalue weighted by atomic mass is 10.1. The Hall–Kier alpha value is -1.42. The monoisotopic (exact) mass is 497 g/mol. The molecule has 2 aromatic rings. The molecular formula is C20H32IN7. The molecule has 2 aliphatic rings. The molecule has 4 heterocycles. The summed E-state index contributed by atoms with van der Waals surface area (Å²) in [5.74, 6) is 2.77. The van der Waals surface area contributed by atoms with Crippen molar-refractivity contribution in [1.29, 1.82) is 0 Å². The van der Waals surface area contributed by atoms with E-state index in [2.05, 4.69) is 34.7 Å². The van der Waals surface area contributed by atoms with Crippen molar-refractivity contribution in [2.45, 2.75) is 32.1 Å². The standard InChI is InChI=1S/C20H31N7.HI/c1-21-20(22-10-8-19-24-23-18-7-3-6-13-27(18)19)26-14-9-17(16-26)15-25-11-4-2-5-12-25;/h3,6-7,13,17H,2,4-5,8-12,14-16H2,1H3,(H,21,22);1H. The summed E-state index contributed by atoms with van der Waals surface area (Å²) in [5.41, 5.74) is 0.900. The van der Waals surface area contributed by atoms with Gasteiger partial charge in [-0.05, 0) is 50.4 Å². The zero-order valence-electron chi connectivity index (χ0n) is 16.8. The molecule has 0 saturated carbocycles. The number of hydrogen-bond donors (Lipinski definition) is 1. The van der Waals surface area contributed by atoms with Gasteiger partial charge in [-0.25, -0.2) is 0 Å². The van der Waals surface area contributed by atoms with Crippen molar-refractivity contribution in [3.63, 3.8) is 0 Å². The maximum absolute atomic E-state index is 4.51. The van der Waals surface area contributed by atoms with Crippen LogP contribution in [-0.2, 0) is 6.42 Å². The molecule has 154 valence electrons. The van der Waals surface area contributed by atoms with E-state index in [4.69, 9.17) is 0 Å². The third-order valence-corrected chi connectivity index (χ3v) is 5.78. The molecule has 2 fully saturated rings. The molecule has 0 spiro atoms. The summed E-state index contributed by atoms with van der Waals surface area (Å²) in [5, 5.41) is 12.0. The quantitative estimate of drug-likeness (QED) is 0.390. The van der Waals surface area contributed by atoms with Crippen molar-refractivity contribution >= 4 is 35.6 Å². The lowest BCUT2D eigenvalue weighted by molar-refractivity contribution is 0.198. The molecule has 4 rings (SSSR count). The van der Waals surface area contributed by atoms with Crippen LogP contribution in [-0.4, -0.2) is 76.7 Å². The van der Waals surface area contributed by atoms with Crippen molar-refractivity contribution in [2.24, 2.45) is 10.9 Å². The number of aromatic nitrogens is 3. The highest BCUT2D eigenvalue weighted by molar-refractivity contribution is 14.0. The second-order valence-corrected chi connectivity index (χ2v) is 7.73. The number of likely N-dealkylation sites (tertiary alicyclic amines) is 2. The number of pyridine rings is 1. The Morgan fingerprint density at radius 3 is 2.86 bits per heavy atom. The van der Waals surface area contributed by atoms with E-state index in [1.807, 2.05) is 31.4 Å². The lowest BCUT2D eigenvalue weighted by Gasteiger charge is -2.29. The Bertz CT molecular complexity index is 769. The SMILES string of the molecule is CN=C(NCCc1nnc2ccccn12)N1CCC(CN2CCCCC2)C1.I. The summed E-state index contributed by atoms with van der Waals surface area (Å²) < 4.78 is 2.05. The Morgan fingerprint density at radius 1 is 1.18 bits per heavy atom. The van der Waals surface area contributed by atoms with Crippen molar-refractivity contribution in [3.8, 4) is 0 Å². The molecule has 2 saturated heterocycles. The summed E-state index contributed by atoms with van der Waals surface area (Å²) in [6.07, 6.45) is 8.27. The molecule has 0 radical (unpaired) electrons. The van der Waals surface area contributed by atoms with Crippen LogP contribution >= 0.6 is 24.0 Å². The van der Waals surface area contributed by atoms with Gasteiger partial charge in [0.2, 0.25) is 0 Å². The molecule has 1 unspecified atom stereocenters. The van der Waals surface area contributed by atoms with Gasteiger partial charge < -0.3 is 15.1 Å². The van der Waals surface area contributed by atoms with E-state index < -0.39 is 0 Å². The van der Waals surface area contributed by atoms with E-state index in [9.17, 15) is 0 Å². The number of fused-ring (bicyclic) bond motifs is 1. The van der Waals surface area contributed by atoms with Crippen molar-refractivity contribution < 1.29 is 0 Å². The van der Waals surface area contributed by atoms with Crippen LogP contribution in [0.5, 0.6) is 0 Å². The first-order chi connectivity index (χ1) is 13.3. The van der Waals surface area contributed by atoms with Gasteiger partial charge in [0, 0.05) is 45.8 Å². The normalized spacial score (nSPS) is 21.1. The fourth-order valence-electron chi connectivity index (χ4n) is 4.36. The number of halogens is 1. The first-order valence-electron chi connectivity index (χ1n) is 10.3. The topological polar surface area (TPSA) is 61.1 Å². The molecule has 2 aromatic heterocycles. The summed E-state index contributed by atoms with van der Waals surface area (Å²) >= 11 is 0. The van der Waals surface area contributed by atoms with E-state index >= 15 is 0 Å². The minimum Gasteiger partial charge on any atom is -0.356 e. The van der Waals surface area contributed by atoms with Gasteiger partial charge in [-0.2, -0.15) is 0 Å². The number of aliphatic imine (C=N–C) groups is 1. The van der Waals surface area contributed by atoms with E-state index in [1.54, 1.807) is 0 Å². The van der Waals surface area contributed by atoms with Crippen LogP contribution in [0, 0.1) is 5.92 Å². The number of guanidine groups is 1. The number of piperidine rings is 1. The average molecular weight is 497 g/mol. The molecule has 0 bridgehead atoms. The summed E-state index contributed by atoms with van der Waals surface area (Å²) in [6.45, 7) is 6.86. The van der Waals surface area contributed by atoms with Gasteiger partial charge in [0.05, 0.1) is 0 Å². The number of hydrogen-bond acceptors (Lipinski definition) is 4. The van der Waals surface area contributed by atoms with Crippen LogP contribution in [0.3, 0.4) is 0 Å². The summed E-state index contributed by atoms with van der Waals surface area (Å²) in [4.78, 5) is 9.58. The van der Waals surface area contributed by atoms with Crippen molar-refractivity contribution in [1.82, 2.24) is 29.7 Å². The van der Waals surface area contributed by atoms with Crippen LogP contribution in [0.4, 0.5) is 0 Å². The maximum Gasteiger partial charge on any atom is 0.193 e. The largest absolute Gasteiger partial charge is 0.356 e. The molecule has 1 atom stereocenters. The maximum atomic E-state index is 4.51. The second-order valence-electron chi connectivity index (χ2n) is 7.73. The molecule has 28 heavy (non-hydrogen) atoms. The third kappa shape index (κ3) is 5.14. The molecule has 0 aliphatic carbocycles. The van der Waals surface area contributed by atoms with Crippen LogP contribution in [0.2, 0.25) is 0 Å². The zero-order chi connectivity index (χ0) is 18.5. The Labute approximate surface area is 184 Å². The van der Waals surface area contributed by atoms with E-state index in [0.29, 0.717) is 0 Å². The predicted molar refractivity (Wildman–Crippen MR) is 123 cm³/mol. The summed E-state index contributed by atoms with van der Waals surface area (Å²) in [6, 6.07) is 5.98. The molecule has 8 heteroatoms. The van der Waals surface area contributed by atoms with Crippen LogP contribution in [0.15, 0.2) is 29.4 Å². The van der Waals surface area contributed by atoms with Crippen molar-refractivity contribution in [3.05, 3.63) is 30.2 Å². The van der Waals surface area contributed by atoms with Crippen LogP contribution in [0.1, 0.15) is 31.5 Å². The van der Waals surface area contributed by atoms with Crippen LogP contribution in [0.25, 0.3) is 5.65 Å². The van der Waals surface area contributed by atoms with Gasteiger partial charge in [0.1, 0.15) is 5.82 Å². The molecule has 7 nitrogen and oxygen atoms in total. The molecular weight excluding hydrogens is 465 g/mol. The zero-order valence-corrected chi connectivity index (χ0v) is 19.1. The molecule has 1 N–H and O–H groups in total. The smallest absolute Gasteiger partial charge is 0.193 e. The molecule has 2 aliphatic heterocycles. The lowest BCUT2D eigenvalue weighted by Crippen LogP contribution is -2.42. The van der Waals surface area contributed by atoms with E-state index in [1.165, 1.54) is 45.3 Å². The average Bonchev–Trinajstić information content (AvgIpc) is 3.33. The fraction of sp³-hybridized carbons (Fsp3) is 0.650. The van der Waals surface area contributed by atoms with Gasteiger partial charge in [-0.3, -0.25) is 9.39 Å². The number of rotatable bonds is 5. The third-order valence-electron chi connectivity index (χ3n) is 5.78. The Kier molecular flexibility index (Phi) is 7.90. The molecule has 0 aromatic carbocycles. The van der Waals surface area contributed by atoms with E-state index in [-0.39, 0.29) is 24.0 Å². The Morgan fingerprint density at radius 2 is 2.04 bits per heavy atom. The van der Waals surface area contributed by atoms with Crippen LogP contribution < -0.4 is 5.32 Å². The summed E-state index contributed by atoms with van der Waals surface area (Å²) in [7, 11) is 1.88. The molecule has 0 amide bonds. The highest BCUT2D eigenvalue weighted by Crippen LogP contribution is 2.19. The minimum absolute atomic E-state index is 0. The predicted octanol–water partition coefficient (Wildman–Crippen LogP) is 2.27. The fourth-order valence-corrected chi connectivity index (χ4v) is 4.36. The number of nitrogens with one attached hydrogen (secondary N) is 1. The number of nitrogens with zero attached hydrogens (tertiary/aromatic N) is 6. The highest BCUT2D eigenvalue weighted by Gasteiger charge is 2.26. The minimum atomic E-state index is 0. The van der Waals surface area contributed by atoms with Crippen molar-refractivity contribution in [2.75, 3.05) is 46.3 Å². The van der Waals surface area contributed by atoms with Gasteiger partial charge in [0.25, 0.3) is 0 Å². The van der Waals surface area contributed by atoms with E-state index in [0.717, 1.165) is 49.4 Å². The first kappa shape index (κ1) is 21.3. The van der Waals surface area contributed by atoms with Gasteiger partial charge in [0.15, 0.2) is 11.6 Å². The highest BCUT2D eigenvalue weighted by atomic mass is 127. The van der Waals surface area contributed by atoms with Gasteiger partial charge >= 0.3 is 0 Å². The van der Waals surface area contributed by atoms with Gasteiger partial charge in [-0.15, -0.1) is 34.2 Å². The van der Waals surface area contributed by atoms with Gasteiger partial charge in [-0.1, -0.05) is 12.5 Å². The first-order valence-corrected chi connectivity index (χ1v) is 10.3. The second kappa shape index (κ2) is 10.4. The Balaban J connectivity index is 0.00000225.